The van der Waals surface area contributed by atoms with Crippen molar-refractivity contribution in [2.75, 3.05) is 32.8 Å². The molecule has 1 heterocycles. The fourth-order valence-corrected chi connectivity index (χ4v) is 3.09. The normalized spacial score (nSPS) is 18.4. The minimum atomic E-state index is -0.148. The van der Waals surface area contributed by atoms with Crippen LogP contribution in [0.25, 0.3) is 0 Å². The Hall–Kier alpha value is -0.130. The maximum Gasteiger partial charge on any atom is 0.0500 e. The molecule has 1 saturated heterocycles. The van der Waals surface area contributed by atoms with Crippen LogP contribution in [0, 0.1) is 5.41 Å². The summed E-state index contributed by atoms with van der Waals surface area (Å²) in [7, 11) is 0. The van der Waals surface area contributed by atoms with Crippen LogP contribution in [0.4, 0.5) is 0 Å². The van der Waals surface area contributed by atoms with Gasteiger partial charge in [0.25, 0.3) is 0 Å². The van der Waals surface area contributed by atoms with Crippen molar-refractivity contribution in [3.63, 3.8) is 0 Å². The van der Waals surface area contributed by atoms with Gasteiger partial charge in [0.05, 0.1) is 0 Å². The van der Waals surface area contributed by atoms with E-state index < -0.39 is 0 Å². The number of halogens is 2. The smallest absolute Gasteiger partial charge is 0.0500 e. The number of hydrogen-bond acceptors (Lipinski definition) is 3. The van der Waals surface area contributed by atoms with Crippen molar-refractivity contribution in [2.24, 2.45) is 5.41 Å². The molecule has 0 spiro atoms. The van der Waals surface area contributed by atoms with Crippen LogP contribution in [-0.2, 0) is 0 Å². The Morgan fingerprint density at radius 1 is 1.25 bits per heavy atom. The third-order valence-electron chi connectivity index (χ3n) is 3.85. The molecule has 1 fully saturated rings. The fourth-order valence-electron chi connectivity index (χ4n) is 2.83. The molecular weight excluding hydrogens is 340 g/mol. The van der Waals surface area contributed by atoms with Gasteiger partial charge in [0.1, 0.15) is 0 Å². The lowest BCUT2D eigenvalue weighted by Gasteiger charge is -2.43. The molecule has 0 amide bonds. The van der Waals surface area contributed by atoms with Gasteiger partial charge in [0.15, 0.2) is 0 Å². The Labute approximate surface area is 136 Å². The largest absolute Gasteiger partial charge is 0.396 e. The Balaban J connectivity index is 0.00000200. The number of aliphatic hydroxyl groups is 1. The summed E-state index contributed by atoms with van der Waals surface area (Å²) in [6.07, 6.45) is 0. The van der Waals surface area contributed by atoms with Gasteiger partial charge in [-0.15, -0.1) is 12.4 Å². The van der Waals surface area contributed by atoms with Crippen LogP contribution in [0.5, 0.6) is 0 Å². The van der Waals surface area contributed by atoms with Crippen molar-refractivity contribution in [3.8, 4) is 0 Å². The monoisotopic (exact) mass is 362 g/mol. The maximum absolute atomic E-state index is 9.76. The molecule has 1 atom stereocenters. The molecule has 1 aromatic rings. The molecule has 5 heteroatoms. The van der Waals surface area contributed by atoms with E-state index in [-0.39, 0.29) is 30.5 Å². The second kappa shape index (κ2) is 7.76. The van der Waals surface area contributed by atoms with E-state index in [1.165, 1.54) is 5.56 Å². The summed E-state index contributed by atoms with van der Waals surface area (Å²) >= 11 is 3.49. The lowest BCUT2D eigenvalue weighted by atomic mass is 9.80. The first-order chi connectivity index (χ1) is 9.04. The quantitative estimate of drug-likeness (QED) is 0.863. The third kappa shape index (κ3) is 4.18. The molecule has 0 bridgehead atoms. The molecule has 1 aliphatic heterocycles. The number of nitrogens with zero attached hydrogens (tertiary/aromatic N) is 1. The SMILES string of the molecule is CC(C)(CO)[C@@H](c1ccc(Br)cc1)N1CCNCC1.Cl. The number of aliphatic hydroxyl groups excluding tert-OH is 1. The molecular formula is C15H24BrClN2O. The topological polar surface area (TPSA) is 35.5 Å². The zero-order chi connectivity index (χ0) is 13.9. The average molecular weight is 364 g/mol. The highest BCUT2D eigenvalue weighted by molar-refractivity contribution is 9.10. The second-order valence-electron chi connectivity index (χ2n) is 5.89. The summed E-state index contributed by atoms with van der Waals surface area (Å²) < 4.78 is 1.09. The molecule has 2 rings (SSSR count). The van der Waals surface area contributed by atoms with E-state index in [2.05, 4.69) is 64.3 Å². The van der Waals surface area contributed by atoms with Crippen molar-refractivity contribution in [2.45, 2.75) is 19.9 Å². The standard InChI is InChI=1S/C15H23BrN2O.ClH/c1-15(2,11-19)14(18-9-7-17-8-10-18)12-3-5-13(16)6-4-12;/h3-6,14,17,19H,7-11H2,1-2H3;1H/t14-;/m1./s1. The molecule has 1 aliphatic rings. The van der Waals surface area contributed by atoms with Gasteiger partial charge < -0.3 is 10.4 Å². The van der Waals surface area contributed by atoms with Gasteiger partial charge in [-0.2, -0.15) is 0 Å². The highest BCUT2D eigenvalue weighted by Crippen LogP contribution is 2.38. The third-order valence-corrected chi connectivity index (χ3v) is 4.38. The molecule has 1 aromatic carbocycles. The summed E-state index contributed by atoms with van der Waals surface area (Å²) in [6.45, 7) is 8.58. The molecule has 0 aromatic heterocycles. The van der Waals surface area contributed by atoms with Crippen LogP contribution in [0.2, 0.25) is 0 Å². The van der Waals surface area contributed by atoms with Gasteiger partial charge in [-0.1, -0.05) is 41.9 Å². The molecule has 20 heavy (non-hydrogen) atoms. The van der Waals surface area contributed by atoms with Crippen LogP contribution in [0.15, 0.2) is 28.7 Å². The van der Waals surface area contributed by atoms with Gasteiger partial charge in [-0.05, 0) is 17.7 Å². The maximum atomic E-state index is 9.76. The van der Waals surface area contributed by atoms with Gasteiger partial charge in [-0.25, -0.2) is 0 Å². The van der Waals surface area contributed by atoms with E-state index in [1.54, 1.807) is 0 Å². The number of rotatable bonds is 4. The highest BCUT2D eigenvalue weighted by atomic mass is 79.9. The van der Waals surface area contributed by atoms with Crippen LogP contribution < -0.4 is 5.32 Å². The fraction of sp³-hybridized carbons (Fsp3) is 0.600. The Bertz CT molecular complexity index is 405. The van der Waals surface area contributed by atoms with Crippen molar-refractivity contribution in [1.29, 1.82) is 0 Å². The first kappa shape index (κ1) is 17.9. The summed E-state index contributed by atoms with van der Waals surface area (Å²) in [5.74, 6) is 0. The van der Waals surface area contributed by atoms with E-state index >= 15 is 0 Å². The predicted octanol–water partition coefficient (Wildman–Crippen LogP) is 2.84. The highest BCUT2D eigenvalue weighted by Gasteiger charge is 2.35. The van der Waals surface area contributed by atoms with Crippen molar-refractivity contribution >= 4 is 28.3 Å². The molecule has 114 valence electrons. The molecule has 0 aliphatic carbocycles. The lowest BCUT2D eigenvalue weighted by molar-refractivity contribution is 0.0305. The Morgan fingerprint density at radius 3 is 2.30 bits per heavy atom. The Morgan fingerprint density at radius 2 is 1.80 bits per heavy atom. The number of hydrogen-bond donors (Lipinski definition) is 2. The summed E-state index contributed by atoms with van der Waals surface area (Å²) in [5, 5.41) is 13.1. The molecule has 0 radical (unpaired) electrons. The molecule has 3 nitrogen and oxygen atoms in total. The minimum absolute atomic E-state index is 0. The zero-order valence-electron chi connectivity index (χ0n) is 12.1. The summed E-state index contributed by atoms with van der Waals surface area (Å²) in [6, 6.07) is 8.74. The van der Waals surface area contributed by atoms with Crippen LogP contribution in [0.1, 0.15) is 25.5 Å². The molecule has 2 N–H and O–H groups in total. The first-order valence-electron chi connectivity index (χ1n) is 6.86. The van der Waals surface area contributed by atoms with E-state index in [0.29, 0.717) is 0 Å². The average Bonchev–Trinajstić information content (AvgIpc) is 2.42. The van der Waals surface area contributed by atoms with E-state index in [4.69, 9.17) is 0 Å². The van der Waals surface area contributed by atoms with Gasteiger partial charge in [-0.3, -0.25) is 4.90 Å². The second-order valence-corrected chi connectivity index (χ2v) is 6.80. The lowest BCUT2D eigenvalue weighted by Crippen LogP contribution is -2.49. The number of nitrogens with one attached hydrogen (secondary N) is 1. The molecule has 0 unspecified atom stereocenters. The minimum Gasteiger partial charge on any atom is -0.396 e. The van der Waals surface area contributed by atoms with Gasteiger partial charge >= 0.3 is 0 Å². The van der Waals surface area contributed by atoms with Crippen LogP contribution in [-0.4, -0.2) is 42.8 Å². The summed E-state index contributed by atoms with van der Waals surface area (Å²) in [4.78, 5) is 2.48. The van der Waals surface area contributed by atoms with Gasteiger partial charge in [0.2, 0.25) is 0 Å². The predicted molar refractivity (Wildman–Crippen MR) is 89.4 cm³/mol. The zero-order valence-corrected chi connectivity index (χ0v) is 14.5. The first-order valence-corrected chi connectivity index (χ1v) is 7.65. The molecule has 0 saturated carbocycles. The number of piperazine rings is 1. The Kier molecular flexibility index (Phi) is 6.95. The van der Waals surface area contributed by atoms with Crippen molar-refractivity contribution in [1.82, 2.24) is 10.2 Å². The van der Waals surface area contributed by atoms with Crippen LogP contribution in [0.3, 0.4) is 0 Å². The summed E-state index contributed by atoms with van der Waals surface area (Å²) in [5.41, 5.74) is 1.13. The van der Waals surface area contributed by atoms with E-state index in [0.717, 1.165) is 30.7 Å². The van der Waals surface area contributed by atoms with Crippen molar-refractivity contribution < 1.29 is 5.11 Å². The van der Waals surface area contributed by atoms with Crippen molar-refractivity contribution in [3.05, 3.63) is 34.3 Å². The number of benzene rings is 1. The van der Waals surface area contributed by atoms with E-state index in [1.807, 2.05) is 0 Å². The van der Waals surface area contributed by atoms with E-state index in [9.17, 15) is 5.11 Å². The van der Waals surface area contributed by atoms with Crippen LogP contribution >= 0.6 is 28.3 Å². The van der Waals surface area contributed by atoms with Gasteiger partial charge in [0, 0.05) is 48.7 Å².